The fourth-order valence-corrected chi connectivity index (χ4v) is 5.08. The van der Waals surface area contributed by atoms with Gasteiger partial charge in [-0.15, -0.1) is 0 Å². The number of hydrogen-bond donors (Lipinski definition) is 4. The van der Waals surface area contributed by atoms with E-state index in [1.54, 1.807) is 12.0 Å². The van der Waals surface area contributed by atoms with E-state index in [2.05, 4.69) is 10.6 Å². The molecule has 0 saturated heterocycles. The van der Waals surface area contributed by atoms with E-state index in [0.717, 1.165) is 46.2 Å². The number of carbonyl (C=O) groups is 3. The Labute approximate surface area is 234 Å². The molecule has 0 aliphatic carbocycles. The number of anilines is 1. The van der Waals surface area contributed by atoms with Gasteiger partial charge in [0.15, 0.2) is 0 Å². The SMILES string of the molecule is COc1cccc2c1CCCC(=O)N2CCCC(=O)N[C@H](Cc1ccc2ccccc2c1)C(=O)NCC(O)CN. The maximum absolute atomic E-state index is 13.0. The summed E-state index contributed by atoms with van der Waals surface area (Å²) in [6, 6.07) is 18.7. The highest BCUT2D eigenvalue weighted by Gasteiger charge is 2.25. The standard InChI is InChI=1S/C31H38N4O5/c1-40-28-11-5-10-27-25(28)9-4-13-30(38)35(27)16-6-12-29(37)34-26(31(39)33-20-24(36)19-32)18-21-14-15-22-7-2-3-8-23(22)17-21/h2-3,5,7-8,10-11,14-15,17,24,26,36H,4,6,9,12-13,16,18-20,32H2,1H3,(H,33,39)(H,34,37)/t24?,26-/m1/s1. The zero-order chi connectivity index (χ0) is 28.5. The van der Waals surface area contributed by atoms with Crippen LogP contribution in [0.3, 0.4) is 0 Å². The summed E-state index contributed by atoms with van der Waals surface area (Å²) in [5, 5.41) is 17.5. The van der Waals surface area contributed by atoms with Gasteiger partial charge in [0.05, 0.1) is 18.9 Å². The summed E-state index contributed by atoms with van der Waals surface area (Å²) in [4.78, 5) is 40.6. The van der Waals surface area contributed by atoms with Crippen molar-refractivity contribution in [2.24, 2.45) is 5.73 Å². The number of nitrogens with zero attached hydrogens (tertiary/aromatic N) is 1. The quantitative estimate of drug-likeness (QED) is 0.276. The van der Waals surface area contributed by atoms with Gasteiger partial charge in [-0.1, -0.05) is 48.5 Å². The Hall–Kier alpha value is -3.95. The van der Waals surface area contributed by atoms with Crippen LogP contribution in [0.2, 0.25) is 0 Å². The number of carbonyl (C=O) groups excluding carboxylic acids is 3. The summed E-state index contributed by atoms with van der Waals surface area (Å²) in [5.74, 6) is 0.114. The Balaban J connectivity index is 1.41. The molecule has 2 atom stereocenters. The van der Waals surface area contributed by atoms with Crippen LogP contribution in [0.25, 0.3) is 10.8 Å². The third-order valence-corrected chi connectivity index (χ3v) is 7.21. The van der Waals surface area contributed by atoms with Crippen LogP contribution in [-0.4, -0.2) is 61.7 Å². The molecule has 0 saturated carbocycles. The van der Waals surface area contributed by atoms with Crippen molar-refractivity contribution in [2.45, 2.75) is 50.7 Å². The van der Waals surface area contributed by atoms with E-state index in [9.17, 15) is 19.5 Å². The Kier molecular flexibility index (Phi) is 10.1. The van der Waals surface area contributed by atoms with Crippen LogP contribution in [0.1, 0.15) is 36.8 Å². The zero-order valence-electron chi connectivity index (χ0n) is 22.9. The van der Waals surface area contributed by atoms with Crippen LogP contribution in [-0.2, 0) is 27.2 Å². The lowest BCUT2D eigenvalue weighted by molar-refractivity contribution is -0.129. The number of rotatable bonds is 12. The summed E-state index contributed by atoms with van der Waals surface area (Å²) < 4.78 is 5.51. The predicted octanol–water partition coefficient (Wildman–Crippen LogP) is 2.46. The molecular formula is C31H38N4O5. The van der Waals surface area contributed by atoms with Gasteiger partial charge in [0.1, 0.15) is 11.8 Å². The summed E-state index contributed by atoms with van der Waals surface area (Å²) >= 11 is 0. The topological polar surface area (TPSA) is 134 Å². The average Bonchev–Trinajstić information content (AvgIpc) is 3.13. The molecule has 5 N–H and O–H groups in total. The highest BCUT2D eigenvalue weighted by Crippen LogP contribution is 2.34. The summed E-state index contributed by atoms with van der Waals surface area (Å²) in [6.07, 6.45) is 1.94. The monoisotopic (exact) mass is 546 g/mol. The number of benzene rings is 3. The summed E-state index contributed by atoms with van der Waals surface area (Å²) in [6.45, 7) is 0.405. The molecule has 1 heterocycles. The fraction of sp³-hybridized carbons (Fsp3) is 0.387. The van der Waals surface area contributed by atoms with E-state index in [0.29, 0.717) is 25.8 Å². The highest BCUT2D eigenvalue weighted by molar-refractivity contribution is 5.95. The maximum Gasteiger partial charge on any atom is 0.243 e. The van der Waals surface area contributed by atoms with E-state index >= 15 is 0 Å². The van der Waals surface area contributed by atoms with Crippen molar-refractivity contribution in [3.63, 3.8) is 0 Å². The largest absolute Gasteiger partial charge is 0.496 e. The summed E-state index contributed by atoms with van der Waals surface area (Å²) in [5.41, 5.74) is 8.20. The lowest BCUT2D eigenvalue weighted by Crippen LogP contribution is -2.50. The van der Waals surface area contributed by atoms with Gasteiger partial charge in [-0.2, -0.15) is 0 Å². The van der Waals surface area contributed by atoms with E-state index < -0.39 is 18.1 Å². The fourth-order valence-electron chi connectivity index (χ4n) is 5.08. The molecule has 9 heteroatoms. The van der Waals surface area contributed by atoms with Gasteiger partial charge in [0, 0.05) is 44.5 Å². The van der Waals surface area contributed by atoms with Crippen LogP contribution in [0.4, 0.5) is 5.69 Å². The minimum atomic E-state index is -0.867. The second-order valence-corrected chi connectivity index (χ2v) is 10.1. The number of fused-ring (bicyclic) bond motifs is 2. The Bertz CT molecular complexity index is 1340. The minimum absolute atomic E-state index is 0.000628. The molecule has 0 spiro atoms. The van der Waals surface area contributed by atoms with E-state index in [4.69, 9.17) is 10.5 Å². The first-order valence-corrected chi connectivity index (χ1v) is 13.8. The van der Waals surface area contributed by atoms with Crippen molar-refractivity contribution in [3.05, 3.63) is 71.8 Å². The molecule has 0 aromatic heterocycles. The molecule has 9 nitrogen and oxygen atoms in total. The van der Waals surface area contributed by atoms with Crippen molar-refractivity contribution in [2.75, 3.05) is 31.6 Å². The van der Waals surface area contributed by atoms with Gasteiger partial charge in [-0.05, 0) is 47.7 Å². The van der Waals surface area contributed by atoms with Crippen molar-refractivity contribution in [1.29, 1.82) is 0 Å². The molecule has 3 aromatic rings. The van der Waals surface area contributed by atoms with Crippen LogP contribution in [0.5, 0.6) is 5.75 Å². The van der Waals surface area contributed by atoms with Gasteiger partial charge < -0.3 is 31.1 Å². The lowest BCUT2D eigenvalue weighted by Gasteiger charge is -2.24. The van der Waals surface area contributed by atoms with Crippen molar-refractivity contribution in [1.82, 2.24) is 10.6 Å². The van der Waals surface area contributed by atoms with Crippen LogP contribution in [0.15, 0.2) is 60.7 Å². The first kappa shape index (κ1) is 29.0. The van der Waals surface area contributed by atoms with E-state index in [1.807, 2.05) is 60.7 Å². The normalized spacial score (nSPS) is 14.7. The van der Waals surface area contributed by atoms with Gasteiger partial charge >= 0.3 is 0 Å². The molecule has 3 aromatic carbocycles. The second kappa shape index (κ2) is 13.9. The maximum atomic E-state index is 13.0. The Morgan fingerprint density at radius 2 is 1.88 bits per heavy atom. The van der Waals surface area contributed by atoms with Gasteiger partial charge in [-0.25, -0.2) is 0 Å². The number of nitrogens with two attached hydrogens (primary N) is 1. The minimum Gasteiger partial charge on any atom is -0.496 e. The number of hydrogen-bond acceptors (Lipinski definition) is 6. The number of aliphatic hydroxyl groups excluding tert-OH is 1. The number of amides is 3. The average molecular weight is 547 g/mol. The molecule has 0 fully saturated rings. The van der Waals surface area contributed by atoms with Crippen molar-refractivity contribution >= 4 is 34.2 Å². The molecule has 0 bridgehead atoms. The predicted molar refractivity (Wildman–Crippen MR) is 155 cm³/mol. The molecule has 3 amide bonds. The van der Waals surface area contributed by atoms with E-state index in [1.165, 1.54) is 0 Å². The number of ether oxygens (including phenoxy) is 1. The van der Waals surface area contributed by atoms with Crippen LogP contribution in [0, 0.1) is 0 Å². The number of methoxy groups -OCH3 is 1. The molecule has 0 radical (unpaired) electrons. The highest BCUT2D eigenvalue weighted by atomic mass is 16.5. The smallest absolute Gasteiger partial charge is 0.243 e. The van der Waals surface area contributed by atoms with Crippen molar-refractivity contribution < 1.29 is 24.2 Å². The Morgan fingerprint density at radius 3 is 2.65 bits per heavy atom. The summed E-state index contributed by atoms with van der Waals surface area (Å²) in [7, 11) is 1.62. The van der Waals surface area contributed by atoms with Gasteiger partial charge in [0.25, 0.3) is 0 Å². The first-order chi connectivity index (χ1) is 19.4. The van der Waals surface area contributed by atoms with Gasteiger partial charge in [0.2, 0.25) is 17.7 Å². The second-order valence-electron chi connectivity index (χ2n) is 10.1. The molecule has 4 rings (SSSR count). The third kappa shape index (κ3) is 7.37. The zero-order valence-corrected chi connectivity index (χ0v) is 22.9. The van der Waals surface area contributed by atoms with Crippen molar-refractivity contribution in [3.8, 4) is 5.75 Å². The molecule has 40 heavy (non-hydrogen) atoms. The molecule has 1 aliphatic rings. The van der Waals surface area contributed by atoms with Crippen LogP contribution < -0.4 is 26.0 Å². The molecule has 212 valence electrons. The Morgan fingerprint density at radius 1 is 1.07 bits per heavy atom. The third-order valence-electron chi connectivity index (χ3n) is 7.21. The first-order valence-electron chi connectivity index (χ1n) is 13.8. The van der Waals surface area contributed by atoms with E-state index in [-0.39, 0.29) is 31.3 Å². The number of aliphatic hydroxyl groups is 1. The molecule has 1 aliphatic heterocycles. The number of nitrogens with one attached hydrogen (secondary N) is 2. The molecular weight excluding hydrogens is 508 g/mol. The van der Waals surface area contributed by atoms with Gasteiger partial charge in [-0.3, -0.25) is 14.4 Å². The lowest BCUT2D eigenvalue weighted by atomic mass is 10.0. The van der Waals surface area contributed by atoms with Crippen LogP contribution >= 0.6 is 0 Å². The molecule has 1 unspecified atom stereocenters.